The van der Waals surface area contributed by atoms with E-state index in [-0.39, 0.29) is 17.5 Å². The molecule has 1 aliphatic carbocycles. The fraction of sp³-hybridized carbons (Fsp3) is 0.393. The van der Waals surface area contributed by atoms with E-state index >= 15 is 0 Å². The molecule has 2 fully saturated rings. The summed E-state index contributed by atoms with van der Waals surface area (Å²) in [5, 5.41) is 16.4. The normalized spacial score (nSPS) is 18.0. The van der Waals surface area contributed by atoms with Crippen molar-refractivity contribution in [3.63, 3.8) is 0 Å². The number of hydrogen-bond donors (Lipinski definition) is 3. The smallest absolute Gasteiger partial charge is 0.335 e. The molecule has 2 atom stereocenters. The minimum atomic E-state index is -1.19. The second-order valence-corrected chi connectivity index (χ2v) is 12.3. The molecule has 2 unspecified atom stereocenters. The van der Waals surface area contributed by atoms with Crippen molar-refractivity contribution in [1.29, 1.82) is 0 Å². The topological polar surface area (TPSA) is 127 Å². The van der Waals surface area contributed by atoms with E-state index in [1.807, 2.05) is 28.6 Å². The minimum Gasteiger partial charge on any atom is -0.593 e. The predicted molar refractivity (Wildman–Crippen MR) is 151 cm³/mol. The molecular formula is C28H32N4O5S2. The third-order valence-corrected chi connectivity index (χ3v) is 9.32. The molecule has 5 rings (SSSR count). The summed E-state index contributed by atoms with van der Waals surface area (Å²) in [4.78, 5) is 29.6. The first-order valence-electron chi connectivity index (χ1n) is 13.3. The van der Waals surface area contributed by atoms with Crippen molar-refractivity contribution < 1.29 is 24.0 Å². The number of nitrogens with zero attached hydrogens (tertiary/aromatic N) is 2. The molecule has 1 aromatic heterocycles. The van der Waals surface area contributed by atoms with Gasteiger partial charge in [0, 0.05) is 19.1 Å². The summed E-state index contributed by atoms with van der Waals surface area (Å²) in [5.74, 6) is -0.749. The summed E-state index contributed by atoms with van der Waals surface area (Å²) >= 11 is 0.00494. The van der Waals surface area contributed by atoms with Crippen LogP contribution in [0.3, 0.4) is 0 Å². The van der Waals surface area contributed by atoms with Gasteiger partial charge in [-0.25, -0.2) is 9.78 Å². The summed E-state index contributed by atoms with van der Waals surface area (Å²) in [5.41, 5.74) is 0.984. The molecule has 1 aliphatic heterocycles. The lowest BCUT2D eigenvalue weighted by Gasteiger charge is -2.28. The van der Waals surface area contributed by atoms with Crippen molar-refractivity contribution in [3.05, 3.63) is 65.9 Å². The van der Waals surface area contributed by atoms with Crippen LogP contribution in [0.2, 0.25) is 0 Å². The van der Waals surface area contributed by atoms with Crippen molar-refractivity contribution in [2.75, 3.05) is 18.4 Å². The molecule has 11 heteroatoms. The molecule has 9 nitrogen and oxygen atoms in total. The zero-order valence-electron chi connectivity index (χ0n) is 21.5. The van der Waals surface area contributed by atoms with Gasteiger partial charge in [0.1, 0.15) is 11.8 Å². The van der Waals surface area contributed by atoms with E-state index in [4.69, 9.17) is 9.84 Å². The highest BCUT2D eigenvalue weighted by Crippen LogP contribution is 2.32. The number of nitrogens with one attached hydrogen (secondary N) is 2. The van der Waals surface area contributed by atoms with Crippen LogP contribution in [0.15, 0.2) is 59.6 Å². The Kier molecular flexibility index (Phi) is 9.15. The zero-order chi connectivity index (χ0) is 27.2. The van der Waals surface area contributed by atoms with Crippen LogP contribution in [-0.4, -0.2) is 50.0 Å². The van der Waals surface area contributed by atoms with Gasteiger partial charge >= 0.3 is 5.97 Å². The number of ether oxygens (including phenoxy) is 1. The van der Waals surface area contributed by atoms with Gasteiger partial charge in [-0.1, -0.05) is 42.7 Å². The Labute approximate surface area is 234 Å². The second-order valence-electron chi connectivity index (χ2n) is 9.79. The largest absolute Gasteiger partial charge is 0.593 e. The maximum atomic E-state index is 13.5. The first kappa shape index (κ1) is 27.6. The fourth-order valence-corrected chi connectivity index (χ4v) is 6.88. The summed E-state index contributed by atoms with van der Waals surface area (Å²) in [6.45, 7) is 1.69. The van der Waals surface area contributed by atoms with Gasteiger partial charge in [0.2, 0.25) is 11.0 Å². The van der Waals surface area contributed by atoms with E-state index in [0.717, 1.165) is 62.1 Å². The number of hydrogen-bond acceptors (Lipinski definition) is 8. The fourth-order valence-electron chi connectivity index (χ4n) is 4.93. The zero-order valence-corrected chi connectivity index (χ0v) is 23.1. The molecule has 3 N–H and O–H groups in total. The third kappa shape index (κ3) is 7.17. The number of benzene rings is 2. The number of aromatic carboxylic acids is 1. The summed E-state index contributed by atoms with van der Waals surface area (Å²) in [7, 11) is 0. The number of carboxylic acids is 1. The number of carbonyl (C=O) groups is 2. The summed E-state index contributed by atoms with van der Waals surface area (Å²) in [6.07, 6.45) is 9.20. The van der Waals surface area contributed by atoms with E-state index in [9.17, 15) is 14.1 Å². The van der Waals surface area contributed by atoms with Crippen LogP contribution >= 0.6 is 11.3 Å². The monoisotopic (exact) mass is 568 g/mol. The Hall–Kier alpha value is -2.96. The molecule has 0 radical (unpaired) electrons. The van der Waals surface area contributed by atoms with Crippen LogP contribution in [0.5, 0.6) is 10.8 Å². The Balaban J connectivity index is 1.27. The Bertz CT molecular complexity index is 1260. The van der Waals surface area contributed by atoms with Gasteiger partial charge in [0.05, 0.1) is 23.1 Å². The quantitative estimate of drug-likeness (QED) is 0.279. The van der Waals surface area contributed by atoms with Gasteiger partial charge in [-0.15, -0.1) is 4.31 Å². The molecule has 0 spiro atoms. The van der Waals surface area contributed by atoms with Crippen molar-refractivity contribution in [2.45, 2.75) is 61.9 Å². The summed E-state index contributed by atoms with van der Waals surface area (Å²) < 4.78 is 20.7. The molecule has 206 valence electrons. The van der Waals surface area contributed by atoms with E-state index in [2.05, 4.69) is 15.6 Å². The number of carboxylic acid groups (broad SMARTS) is 1. The van der Waals surface area contributed by atoms with E-state index in [0.29, 0.717) is 15.9 Å². The average Bonchev–Trinajstić information content (AvgIpc) is 3.65. The molecule has 39 heavy (non-hydrogen) atoms. The van der Waals surface area contributed by atoms with Crippen molar-refractivity contribution in [2.24, 2.45) is 0 Å². The number of aromatic nitrogens is 1. The molecule has 0 bridgehead atoms. The molecule has 1 saturated heterocycles. The maximum absolute atomic E-state index is 13.5. The van der Waals surface area contributed by atoms with E-state index in [1.54, 1.807) is 12.1 Å². The number of rotatable bonds is 10. The number of amides is 1. The van der Waals surface area contributed by atoms with E-state index < -0.39 is 23.4 Å². The highest BCUT2D eigenvalue weighted by molar-refractivity contribution is 7.89. The second kappa shape index (κ2) is 12.9. The van der Waals surface area contributed by atoms with Gasteiger partial charge in [0.25, 0.3) is 0 Å². The van der Waals surface area contributed by atoms with E-state index in [1.165, 1.54) is 36.1 Å². The van der Waals surface area contributed by atoms with Crippen molar-refractivity contribution >= 4 is 39.7 Å². The Morgan fingerprint density at radius 1 is 1.03 bits per heavy atom. The predicted octanol–water partition coefficient (Wildman–Crippen LogP) is 5.35. The van der Waals surface area contributed by atoms with Gasteiger partial charge in [-0.05, 0) is 67.6 Å². The van der Waals surface area contributed by atoms with Gasteiger partial charge < -0.3 is 19.7 Å². The molecule has 3 aromatic rings. The van der Waals surface area contributed by atoms with Crippen LogP contribution in [0, 0.1) is 0 Å². The average molecular weight is 569 g/mol. The lowest BCUT2D eigenvalue weighted by atomic mass is 9.94. The molecular weight excluding hydrogens is 536 g/mol. The minimum absolute atomic E-state index is 0.173. The van der Waals surface area contributed by atoms with Gasteiger partial charge in [-0.2, -0.15) is 0 Å². The highest BCUT2D eigenvalue weighted by Gasteiger charge is 2.29. The van der Waals surface area contributed by atoms with Crippen LogP contribution < -0.4 is 15.4 Å². The number of anilines is 1. The number of carbonyl (C=O) groups excluding carboxylic acids is 1. The lowest BCUT2D eigenvalue weighted by Crippen LogP contribution is -2.40. The Morgan fingerprint density at radius 3 is 2.38 bits per heavy atom. The third-order valence-electron chi connectivity index (χ3n) is 7.02. The van der Waals surface area contributed by atoms with Crippen LogP contribution in [0.4, 0.5) is 5.13 Å². The van der Waals surface area contributed by atoms with Crippen LogP contribution in [0.25, 0.3) is 0 Å². The first-order chi connectivity index (χ1) is 19.0. The molecule has 2 aliphatic rings. The number of thiazole rings is 1. The first-order valence-corrected chi connectivity index (χ1v) is 15.2. The molecule has 1 saturated carbocycles. The molecule has 2 heterocycles. The van der Waals surface area contributed by atoms with Crippen molar-refractivity contribution in [3.8, 4) is 10.8 Å². The highest BCUT2D eigenvalue weighted by atomic mass is 32.2. The van der Waals surface area contributed by atoms with Gasteiger partial charge in [0.15, 0.2) is 10.0 Å². The van der Waals surface area contributed by atoms with Crippen LogP contribution in [0.1, 0.15) is 66.9 Å². The molecule has 1 amide bonds. The maximum Gasteiger partial charge on any atom is 0.335 e. The van der Waals surface area contributed by atoms with Crippen LogP contribution in [-0.2, 0) is 16.2 Å². The standard InChI is InChI=1S/C28H32N4O5S2/c33-26(31-28-29-18-24(38-28)37-22-12-8-20(9-13-22)27(34)35)25(30-21-6-2-1-3-7-21)19-10-14-23(15-11-19)39(36)32-16-4-5-17-32/h8-15,18,21,25,30H,1-7,16-17H2,(H,34,35)(H,29,31,33). The SMILES string of the molecule is O=C(O)c1ccc(Oc2cnc(NC(=O)C(NC3CCCCC3)c3ccc([S+]([O-])N4CCCC4)cc3)s2)cc1. The van der Waals surface area contributed by atoms with Gasteiger partial charge in [-0.3, -0.25) is 10.1 Å². The Morgan fingerprint density at radius 2 is 1.72 bits per heavy atom. The van der Waals surface area contributed by atoms with Crippen molar-refractivity contribution in [1.82, 2.24) is 14.6 Å². The molecule has 2 aromatic carbocycles. The lowest BCUT2D eigenvalue weighted by molar-refractivity contribution is -0.118. The summed E-state index contributed by atoms with van der Waals surface area (Å²) in [6, 6.07) is 13.2.